The summed E-state index contributed by atoms with van der Waals surface area (Å²) in [7, 11) is 0. The number of nitrogens with one attached hydrogen (secondary N) is 2. The Morgan fingerprint density at radius 2 is 1.84 bits per heavy atom. The Morgan fingerprint density at radius 1 is 1.13 bits per heavy atom. The van der Waals surface area contributed by atoms with Crippen LogP contribution in [0.2, 0.25) is 0 Å². The molecule has 2 unspecified atom stereocenters. The molecular weight excluding hydrogens is 406 g/mol. The number of nitrogens with zero attached hydrogens (tertiary/aromatic N) is 1. The maximum atomic E-state index is 13.1. The summed E-state index contributed by atoms with van der Waals surface area (Å²) in [4.78, 5) is 29.7. The minimum atomic E-state index is -0.572. The third-order valence-corrected chi connectivity index (χ3v) is 7.20. The fourth-order valence-electron chi connectivity index (χ4n) is 4.12. The van der Waals surface area contributed by atoms with Crippen molar-refractivity contribution in [1.82, 2.24) is 15.5 Å². The first-order valence-corrected chi connectivity index (χ1v) is 12.2. The van der Waals surface area contributed by atoms with Gasteiger partial charge in [-0.1, -0.05) is 45.0 Å². The molecule has 1 aliphatic rings. The second-order valence-electron chi connectivity index (χ2n) is 9.00. The molecule has 0 saturated carbocycles. The van der Waals surface area contributed by atoms with Crippen LogP contribution in [0.25, 0.3) is 0 Å². The van der Waals surface area contributed by atoms with Crippen LogP contribution >= 0.6 is 11.3 Å². The second-order valence-corrected chi connectivity index (χ2v) is 9.98. The van der Waals surface area contributed by atoms with Gasteiger partial charge in [0, 0.05) is 17.0 Å². The highest BCUT2D eigenvalue weighted by molar-refractivity contribution is 7.10. The van der Waals surface area contributed by atoms with Gasteiger partial charge in [0.15, 0.2) is 0 Å². The summed E-state index contributed by atoms with van der Waals surface area (Å²) >= 11 is 1.74. The van der Waals surface area contributed by atoms with Crippen LogP contribution < -0.4 is 10.6 Å². The van der Waals surface area contributed by atoms with Crippen molar-refractivity contribution in [3.8, 4) is 0 Å². The van der Waals surface area contributed by atoms with E-state index in [0.29, 0.717) is 12.1 Å². The summed E-state index contributed by atoms with van der Waals surface area (Å²) in [5.74, 6) is 0.427. The Balaban J connectivity index is 1.66. The number of hydrogen-bond donors (Lipinski definition) is 2. The Labute approximate surface area is 190 Å². The molecule has 1 aromatic heterocycles. The molecule has 2 aromatic rings. The van der Waals surface area contributed by atoms with Gasteiger partial charge in [-0.15, -0.1) is 11.3 Å². The maximum absolute atomic E-state index is 13.1. The number of carbonyl (C=O) groups excluding carboxylic acids is 2. The van der Waals surface area contributed by atoms with Gasteiger partial charge in [-0.3, -0.25) is 14.5 Å². The number of piperidine rings is 1. The van der Waals surface area contributed by atoms with Crippen LogP contribution in [0.3, 0.4) is 0 Å². The van der Waals surface area contributed by atoms with Crippen molar-refractivity contribution in [2.75, 3.05) is 19.6 Å². The first-order chi connectivity index (χ1) is 14.9. The number of likely N-dealkylation sites (tertiary alicyclic amines) is 1. The highest BCUT2D eigenvalue weighted by Gasteiger charge is 2.29. The molecule has 2 heterocycles. The summed E-state index contributed by atoms with van der Waals surface area (Å²) in [6.07, 6.45) is 2.38. The molecule has 3 rings (SSSR count). The summed E-state index contributed by atoms with van der Waals surface area (Å²) in [5, 5.41) is 8.19. The fourth-order valence-corrected chi connectivity index (χ4v) is 4.98. The molecule has 2 atom stereocenters. The van der Waals surface area contributed by atoms with Crippen molar-refractivity contribution >= 4 is 23.2 Å². The Hall–Kier alpha value is -2.18. The molecule has 1 aliphatic heterocycles. The van der Waals surface area contributed by atoms with E-state index >= 15 is 0 Å². The van der Waals surface area contributed by atoms with Crippen LogP contribution in [-0.4, -0.2) is 42.4 Å². The van der Waals surface area contributed by atoms with E-state index in [0.717, 1.165) is 24.6 Å². The Morgan fingerprint density at radius 3 is 2.45 bits per heavy atom. The lowest BCUT2D eigenvalue weighted by atomic mass is 9.97. The van der Waals surface area contributed by atoms with Crippen molar-refractivity contribution in [3.05, 3.63) is 57.8 Å². The molecule has 168 valence electrons. The topological polar surface area (TPSA) is 61.4 Å². The molecule has 1 fully saturated rings. The van der Waals surface area contributed by atoms with E-state index in [1.807, 2.05) is 39.0 Å². The average Bonchev–Trinajstić information content (AvgIpc) is 3.27. The number of hydrogen-bond acceptors (Lipinski definition) is 4. The number of benzene rings is 1. The first-order valence-electron chi connectivity index (χ1n) is 11.3. The van der Waals surface area contributed by atoms with E-state index in [4.69, 9.17) is 0 Å². The monoisotopic (exact) mass is 441 g/mol. The zero-order chi connectivity index (χ0) is 22.4. The van der Waals surface area contributed by atoms with E-state index < -0.39 is 6.04 Å². The van der Waals surface area contributed by atoms with E-state index in [9.17, 15) is 9.59 Å². The van der Waals surface area contributed by atoms with E-state index in [1.54, 1.807) is 17.4 Å². The van der Waals surface area contributed by atoms with Crippen molar-refractivity contribution < 1.29 is 9.59 Å². The summed E-state index contributed by atoms with van der Waals surface area (Å²) in [5.41, 5.74) is 1.51. The van der Waals surface area contributed by atoms with Crippen LogP contribution in [0, 0.1) is 18.8 Å². The van der Waals surface area contributed by atoms with Gasteiger partial charge in [0.1, 0.15) is 6.04 Å². The lowest BCUT2D eigenvalue weighted by molar-refractivity contribution is -0.124. The predicted octanol–water partition coefficient (Wildman–Crippen LogP) is 4.40. The van der Waals surface area contributed by atoms with Crippen molar-refractivity contribution in [1.29, 1.82) is 0 Å². The first kappa shape index (κ1) is 23.5. The summed E-state index contributed by atoms with van der Waals surface area (Å²) < 4.78 is 0. The van der Waals surface area contributed by atoms with Gasteiger partial charge in [0.25, 0.3) is 5.91 Å². The molecule has 31 heavy (non-hydrogen) atoms. The molecular formula is C25H35N3O2S. The van der Waals surface area contributed by atoms with Crippen molar-refractivity contribution in [2.24, 2.45) is 11.8 Å². The van der Waals surface area contributed by atoms with Crippen LogP contribution in [-0.2, 0) is 4.79 Å². The molecule has 2 amide bonds. The molecule has 1 aromatic carbocycles. The highest BCUT2D eigenvalue weighted by Crippen LogP contribution is 2.29. The quantitative estimate of drug-likeness (QED) is 0.638. The van der Waals surface area contributed by atoms with Crippen LogP contribution in [0.1, 0.15) is 60.5 Å². The fraction of sp³-hybridized carbons (Fsp3) is 0.520. The smallest absolute Gasteiger partial charge is 0.252 e. The summed E-state index contributed by atoms with van der Waals surface area (Å²) in [6.45, 7) is 10.8. The van der Waals surface area contributed by atoms with Gasteiger partial charge < -0.3 is 10.6 Å². The van der Waals surface area contributed by atoms with E-state index in [-0.39, 0.29) is 23.8 Å². The summed E-state index contributed by atoms with van der Waals surface area (Å²) in [6, 6.07) is 11.3. The maximum Gasteiger partial charge on any atom is 0.252 e. The van der Waals surface area contributed by atoms with Crippen LogP contribution in [0.4, 0.5) is 0 Å². The second kappa shape index (κ2) is 10.9. The van der Waals surface area contributed by atoms with Gasteiger partial charge in [0.2, 0.25) is 5.91 Å². The number of rotatable bonds is 8. The predicted molar refractivity (Wildman–Crippen MR) is 127 cm³/mol. The molecule has 1 saturated heterocycles. The minimum Gasteiger partial charge on any atom is -0.352 e. The Kier molecular flexibility index (Phi) is 8.27. The average molecular weight is 442 g/mol. The minimum absolute atomic E-state index is 0.0102. The highest BCUT2D eigenvalue weighted by atomic mass is 32.1. The molecule has 0 spiro atoms. The molecule has 2 N–H and O–H groups in total. The van der Waals surface area contributed by atoms with Crippen LogP contribution in [0.15, 0.2) is 41.8 Å². The zero-order valence-electron chi connectivity index (χ0n) is 19.1. The molecule has 6 heteroatoms. The SMILES string of the molecule is Cc1ccccc1C(=O)NC(C(=O)NCC(c1cccs1)N1CCC(C)CC1)C(C)C. The van der Waals surface area contributed by atoms with Crippen molar-refractivity contribution in [3.63, 3.8) is 0 Å². The normalized spacial score (nSPS) is 17.3. The Bertz CT molecular complexity index is 857. The third-order valence-electron chi connectivity index (χ3n) is 6.23. The number of carbonyl (C=O) groups is 2. The largest absolute Gasteiger partial charge is 0.352 e. The molecule has 0 bridgehead atoms. The van der Waals surface area contributed by atoms with Gasteiger partial charge in [-0.2, -0.15) is 0 Å². The van der Waals surface area contributed by atoms with Gasteiger partial charge in [-0.05, 0) is 67.8 Å². The number of amides is 2. The lowest BCUT2D eigenvalue weighted by Gasteiger charge is -2.36. The number of aryl methyl sites for hydroxylation is 1. The zero-order valence-corrected chi connectivity index (χ0v) is 19.9. The molecule has 0 aliphatic carbocycles. The van der Waals surface area contributed by atoms with Gasteiger partial charge in [-0.25, -0.2) is 0 Å². The lowest BCUT2D eigenvalue weighted by Crippen LogP contribution is -2.51. The van der Waals surface area contributed by atoms with Gasteiger partial charge in [0.05, 0.1) is 6.04 Å². The van der Waals surface area contributed by atoms with Crippen LogP contribution in [0.5, 0.6) is 0 Å². The standard InChI is InChI=1S/C25H35N3O2S/c1-17(2)23(27-24(29)20-9-6-5-8-19(20)4)25(30)26-16-21(22-10-7-15-31-22)28-13-11-18(3)12-14-28/h5-10,15,17-18,21,23H,11-14,16H2,1-4H3,(H,26,30)(H,27,29). The molecule has 5 nitrogen and oxygen atoms in total. The molecule has 0 radical (unpaired) electrons. The van der Waals surface area contributed by atoms with Crippen molar-refractivity contribution in [2.45, 2.75) is 52.6 Å². The van der Waals surface area contributed by atoms with E-state index in [1.165, 1.54) is 17.7 Å². The van der Waals surface area contributed by atoms with Gasteiger partial charge >= 0.3 is 0 Å². The van der Waals surface area contributed by atoms with E-state index in [2.05, 4.69) is 40.0 Å². The number of thiophene rings is 1. The third kappa shape index (κ3) is 6.17.